The first kappa shape index (κ1) is 13.5. The van der Waals surface area contributed by atoms with Crippen LogP contribution in [0.15, 0.2) is 30.3 Å². The zero-order chi connectivity index (χ0) is 15.0. The Morgan fingerprint density at radius 3 is 2.43 bits per heavy atom. The van der Waals surface area contributed by atoms with E-state index in [0.29, 0.717) is 23.7 Å². The van der Waals surface area contributed by atoms with Crippen molar-refractivity contribution in [1.29, 1.82) is 0 Å². The zero-order valence-electron chi connectivity index (χ0n) is 12.5. The molecule has 0 spiro atoms. The first-order valence-corrected chi connectivity index (χ1v) is 7.00. The van der Waals surface area contributed by atoms with Crippen LogP contribution in [-0.2, 0) is 11.8 Å². The van der Waals surface area contributed by atoms with E-state index in [4.69, 9.17) is 5.73 Å². The molecule has 0 aliphatic heterocycles. The summed E-state index contributed by atoms with van der Waals surface area (Å²) >= 11 is 0. The Labute approximate surface area is 123 Å². The zero-order valence-corrected chi connectivity index (χ0v) is 12.5. The second-order valence-corrected chi connectivity index (χ2v) is 6.22. The summed E-state index contributed by atoms with van der Waals surface area (Å²) in [5.74, 6) is 2.02. The lowest BCUT2D eigenvalue weighted by Crippen LogP contribution is -2.13. The molecule has 0 aliphatic rings. The van der Waals surface area contributed by atoms with E-state index in [0.717, 1.165) is 16.9 Å². The first-order valence-electron chi connectivity index (χ1n) is 7.00. The Morgan fingerprint density at radius 1 is 1.05 bits per heavy atom. The molecule has 3 rings (SSSR count). The number of hydrogen-bond acceptors (Lipinski definition) is 4. The maximum absolute atomic E-state index is 6.04. The van der Waals surface area contributed by atoms with Gasteiger partial charge in [0.1, 0.15) is 17.2 Å². The van der Waals surface area contributed by atoms with Gasteiger partial charge in [-0.15, -0.1) is 0 Å². The highest BCUT2D eigenvalue weighted by Crippen LogP contribution is 2.24. The summed E-state index contributed by atoms with van der Waals surface area (Å²) < 4.78 is 0. The molecule has 0 unspecified atom stereocenters. The summed E-state index contributed by atoms with van der Waals surface area (Å²) in [7, 11) is 0. The first-order chi connectivity index (χ1) is 9.93. The monoisotopic (exact) mass is 281 g/mol. The SMILES string of the molecule is CC(C)(C)c1nc2nc(Cc3ccccc3)nc(N)c2[nH]1. The molecule has 0 aliphatic carbocycles. The summed E-state index contributed by atoms with van der Waals surface area (Å²) in [6.07, 6.45) is 0.651. The number of rotatable bonds is 2. The van der Waals surface area contributed by atoms with Gasteiger partial charge in [-0.1, -0.05) is 51.1 Å². The lowest BCUT2D eigenvalue weighted by molar-refractivity contribution is 0.554. The number of nitrogens with one attached hydrogen (secondary N) is 1. The molecule has 108 valence electrons. The van der Waals surface area contributed by atoms with E-state index in [-0.39, 0.29) is 5.41 Å². The molecular formula is C16H19N5. The number of aromatic amines is 1. The highest BCUT2D eigenvalue weighted by atomic mass is 15.1. The van der Waals surface area contributed by atoms with Gasteiger partial charge in [0.2, 0.25) is 0 Å². The van der Waals surface area contributed by atoms with Gasteiger partial charge in [-0.3, -0.25) is 0 Å². The van der Waals surface area contributed by atoms with Gasteiger partial charge in [-0.2, -0.15) is 0 Å². The summed E-state index contributed by atoms with van der Waals surface area (Å²) in [6, 6.07) is 10.1. The van der Waals surface area contributed by atoms with Gasteiger partial charge in [-0.05, 0) is 5.56 Å². The second-order valence-electron chi connectivity index (χ2n) is 6.22. The molecule has 1 aromatic carbocycles. The van der Waals surface area contributed by atoms with E-state index in [2.05, 4.69) is 52.8 Å². The lowest BCUT2D eigenvalue weighted by atomic mass is 9.96. The summed E-state index contributed by atoms with van der Waals surface area (Å²) in [5.41, 5.74) is 8.48. The molecule has 0 atom stereocenters. The maximum Gasteiger partial charge on any atom is 0.183 e. The van der Waals surface area contributed by atoms with Crippen LogP contribution < -0.4 is 5.73 Å². The predicted octanol–water partition coefficient (Wildman–Crippen LogP) is 2.82. The predicted molar refractivity (Wildman–Crippen MR) is 84.0 cm³/mol. The molecule has 2 heterocycles. The Balaban J connectivity index is 2.02. The molecule has 0 fully saturated rings. The third-order valence-corrected chi connectivity index (χ3v) is 3.34. The minimum atomic E-state index is -0.0767. The number of nitrogens with two attached hydrogens (primary N) is 1. The molecule has 0 amide bonds. The molecule has 3 aromatic rings. The average molecular weight is 281 g/mol. The van der Waals surface area contributed by atoms with E-state index >= 15 is 0 Å². The molecule has 21 heavy (non-hydrogen) atoms. The van der Waals surface area contributed by atoms with Crippen LogP contribution in [0.25, 0.3) is 11.2 Å². The number of nitrogens with zero attached hydrogens (tertiary/aromatic N) is 3. The van der Waals surface area contributed by atoms with Gasteiger partial charge < -0.3 is 10.7 Å². The van der Waals surface area contributed by atoms with Crippen molar-refractivity contribution < 1.29 is 0 Å². The molecule has 0 saturated heterocycles. The Bertz CT molecular complexity index is 768. The van der Waals surface area contributed by atoms with Crippen molar-refractivity contribution in [1.82, 2.24) is 19.9 Å². The van der Waals surface area contributed by atoms with Crippen LogP contribution >= 0.6 is 0 Å². The van der Waals surface area contributed by atoms with Crippen LogP contribution in [0.1, 0.15) is 38.0 Å². The molecule has 3 N–H and O–H groups in total. The van der Waals surface area contributed by atoms with Crippen molar-refractivity contribution in [3.8, 4) is 0 Å². The van der Waals surface area contributed by atoms with Gasteiger partial charge in [0.25, 0.3) is 0 Å². The minimum absolute atomic E-state index is 0.0767. The number of nitrogen functional groups attached to an aromatic ring is 1. The second kappa shape index (κ2) is 4.84. The summed E-state index contributed by atoms with van der Waals surface area (Å²) in [6.45, 7) is 6.29. The third-order valence-electron chi connectivity index (χ3n) is 3.34. The minimum Gasteiger partial charge on any atom is -0.382 e. The van der Waals surface area contributed by atoms with Gasteiger partial charge in [0.05, 0.1) is 0 Å². The van der Waals surface area contributed by atoms with E-state index in [1.807, 2.05) is 18.2 Å². The number of anilines is 1. The van der Waals surface area contributed by atoms with Crippen LogP contribution in [0.2, 0.25) is 0 Å². The largest absolute Gasteiger partial charge is 0.382 e. The summed E-state index contributed by atoms with van der Waals surface area (Å²) in [4.78, 5) is 16.7. The molecule has 0 radical (unpaired) electrons. The van der Waals surface area contributed by atoms with Crippen molar-refractivity contribution in [3.63, 3.8) is 0 Å². The van der Waals surface area contributed by atoms with Crippen molar-refractivity contribution in [3.05, 3.63) is 47.5 Å². The smallest absolute Gasteiger partial charge is 0.183 e. The quantitative estimate of drug-likeness (QED) is 0.757. The Morgan fingerprint density at radius 2 is 1.76 bits per heavy atom. The highest BCUT2D eigenvalue weighted by molar-refractivity contribution is 5.81. The molecule has 2 aromatic heterocycles. The van der Waals surface area contributed by atoms with Crippen LogP contribution in [-0.4, -0.2) is 19.9 Å². The van der Waals surface area contributed by atoms with Crippen LogP contribution in [0.4, 0.5) is 5.82 Å². The Hall–Kier alpha value is -2.43. The number of fused-ring (bicyclic) bond motifs is 1. The van der Waals surface area contributed by atoms with Crippen LogP contribution in [0.3, 0.4) is 0 Å². The number of benzene rings is 1. The number of imidazole rings is 1. The van der Waals surface area contributed by atoms with Crippen molar-refractivity contribution in [2.75, 3.05) is 5.73 Å². The molecule has 0 saturated carbocycles. The van der Waals surface area contributed by atoms with Gasteiger partial charge >= 0.3 is 0 Å². The van der Waals surface area contributed by atoms with E-state index in [1.165, 1.54) is 0 Å². The van der Waals surface area contributed by atoms with Crippen molar-refractivity contribution >= 4 is 17.0 Å². The fourth-order valence-corrected chi connectivity index (χ4v) is 2.18. The average Bonchev–Trinajstić information content (AvgIpc) is 2.84. The standard InChI is InChI=1S/C16H19N5/c1-16(2,3)15-20-12-13(17)18-11(19-14(12)21-15)9-10-7-5-4-6-8-10/h4-8H,9H2,1-3H3,(H3,17,18,19,20,21). The highest BCUT2D eigenvalue weighted by Gasteiger charge is 2.20. The van der Waals surface area contributed by atoms with Gasteiger partial charge in [0.15, 0.2) is 11.5 Å². The fourth-order valence-electron chi connectivity index (χ4n) is 2.18. The van der Waals surface area contributed by atoms with Crippen molar-refractivity contribution in [2.24, 2.45) is 0 Å². The third kappa shape index (κ3) is 2.72. The Kier molecular flexibility index (Phi) is 3.12. The number of hydrogen-bond donors (Lipinski definition) is 2. The van der Waals surface area contributed by atoms with Crippen LogP contribution in [0, 0.1) is 0 Å². The number of H-pyrrole nitrogens is 1. The van der Waals surface area contributed by atoms with Gasteiger partial charge in [0, 0.05) is 11.8 Å². The molecular weight excluding hydrogens is 262 g/mol. The molecule has 5 heteroatoms. The molecule has 0 bridgehead atoms. The summed E-state index contributed by atoms with van der Waals surface area (Å²) in [5, 5.41) is 0. The fraction of sp³-hybridized carbons (Fsp3) is 0.312. The maximum atomic E-state index is 6.04. The van der Waals surface area contributed by atoms with E-state index in [1.54, 1.807) is 0 Å². The normalized spacial score (nSPS) is 12.0. The van der Waals surface area contributed by atoms with Gasteiger partial charge in [-0.25, -0.2) is 15.0 Å². The number of aromatic nitrogens is 4. The van der Waals surface area contributed by atoms with Crippen LogP contribution in [0.5, 0.6) is 0 Å². The topological polar surface area (TPSA) is 80.5 Å². The van der Waals surface area contributed by atoms with Crippen molar-refractivity contribution in [2.45, 2.75) is 32.6 Å². The van der Waals surface area contributed by atoms with E-state index < -0.39 is 0 Å². The molecule has 5 nitrogen and oxygen atoms in total. The lowest BCUT2D eigenvalue weighted by Gasteiger charge is -2.13. The van der Waals surface area contributed by atoms with E-state index in [9.17, 15) is 0 Å².